The molecule has 0 aliphatic carbocycles. The van der Waals surface area contributed by atoms with Crippen molar-refractivity contribution in [1.29, 1.82) is 0 Å². The van der Waals surface area contributed by atoms with Gasteiger partial charge in [0.2, 0.25) is 0 Å². The molecule has 0 aliphatic rings. The van der Waals surface area contributed by atoms with Crippen LogP contribution in [0.15, 0.2) is 51.7 Å². The highest BCUT2D eigenvalue weighted by molar-refractivity contribution is 6.32. The summed E-state index contributed by atoms with van der Waals surface area (Å²) in [6.45, 7) is 1.98. The Balaban J connectivity index is 1.71. The zero-order chi connectivity index (χ0) is 20.3. The Kier molecular flexibility index (Phi) is 5.90. The smallest absolute Gasteiger partial charge is 0.336 e. The van der Waals surface area contributed by atoms with Gasteiger partial charge in [0, 0.05) is 36.7 Å². The Morgan fingerprint density at radius 3 is 2.68 bits per heavy atom. The zero-order valence-corrected chi connectivity index (χ0v) is 16.6. The van der Waals surface area contributed by atoms with Gasteiger partial charge in [0.15, 0.2) is 6.61 Å². The second-order valence-corrected chi connectivity index (χ2v) is 6.78. The van der Waals surface area contributed by atoms with E-state index >= 15 is 0 Å². The van der Waals surface area contributed by atoms with Gasteiger partial charge in [-0.2, -0.15) is 0 Å². The normalized spacial score (nSPS) is 10.7. The Hall–Kier alpha value is -2.99. The molecule has 0 bridgehead atoms. The Morgan fingerprint density at radius 2 is 1.93 bits per heavy atom. The summed E-state index contributed by atoms with van der Waals surface area (Å²) in [6.07, 6.45) is 0. The molecule has 0 saturated heterocycles. The van der Waals surface area contributed by atoms with Crippen LogP contribution in [0.2, 0.25) is 5.02 Å². The minimum Gasteiger partial charge on any atom is -0.496 e. The molecule has 0 atom stereocenters. The second-order valence-electron chi connectivity index (χ2n) is 6.38. The van der Waals surface area contributed by atoms with Crippen LogP contribution in [-0.4, -0.2) is 31.6 Å². The maximum atomic E-state index is 12.4. The molecule has 1 heterocycles. The van der Waals surface area contributed by atoms with Crippen LogP contribution in [0, 0.1) is 6.92 Å². The molecule has 3 rings (SSSR count). The summed E-state index contributed by atoms with van der Waals surface area (Å²) in [5.41, 5.74) is 1.55. The molecule has 0 aliphatic heterocycles. The third-order valence-electron chi connectivity index (χ3n) is 4.38. The van der Waals surface area contributed by atoms with Gasteiger partial charge in [-0.25, -0.2) is 4.79 Å². The fourth-order valence-corrected chi connectivity index (χ4v) is 3.08. The van der Waals surface area contributed by atoms with Crippen LogP contribution >= 0.6 is 11.6 Å². The average molecular weight is 402 g/mol. The lowest BCUT2D eigenvalue weighted by Gasteiger charge is -2.19. The number of carbonyl (C=O) groups excluding carboxylic acids is 1. The second kappa shape index (κ2) is 8.35. The number of aryl methyl sites for hydroxylation is 1. The predicted molar refractivity (Wildman–Crippen MR) is 107 cm³/mol. The molecule has 0 spiro atoms. The van der Waals surface area contributed by atoms with E-state index in [2.05, 4.69) is 0 Å². The summed E-state index contributed by atoms with van der Waals surface area (Å²) in [4.78, 5) is 25.6. The number of ether oxygens (including phenoxy) is 2. The van der Waals surface area contributed by atoms with E-state index in [0.29, 0.717) is 22.9 Å². The number of hydrogen-bond donors (Lipinski definition) is 0. The standard InChI is InChI=1S/C21H20ClNO5/c1-13-8-21(25)28-18-10-19(16(22)9-15(13)18)27-12-20(24)23(2)11-14-6-4-5-7-17(14)26-3/h4-10H,11-12H2,1-3H3. The summed E-state index contributed by atoms with van der Waals surface area (Å²) in [5.74, 6) is 0.765. The van der Waals surface area contributed by atoms with Gasteiger partial charge in [0.1, 0.15) is 17.1 Å². The number of hydrogen-bond acceptors (Lipinski definition) is 5. The number of likely N-dealkylation sites (N-methyl/N-ethyl adjacent to an activating group) is 1. The summed E-state index contributed by atoms with van der Waals surface area (Å²) >= 11 is 6.26. The van der Waals surface area contributed by atoms with Crippen molar-refractivity contribution in [3.05, 3.63) is 69.0 Å². The van der Waals surface area contributed by atoms with Crippen molar-refractivity contribution in [2.75, 3.05) is 20.8 Å². The van der Waals surface area contributed by atoms with Crippen LogP contribution in [-0.2, 0) is 11.3 Å². The van der Waals surface area contributed by atoms with Gasteiger partial charge >= 0.3 is 5.63 Å². The highest BCUT2D eigenvalue weighted by Gasteiger charge is 2.15. The summed E-state index contributed by atoms with van der Waals surface area (Å²) in [6, 6.07) is 12.1. The molecule has 0 unspecified atom stereocenters. The minimum absolute atomic E-state index is 0.201. The molecule has 0 radical (unpaired) electrons. The zero-order valence-electron chi connectivity index (χ0n) is 15.8. The SMILES string of the molecule is COc1ccccc1CN(C)C(=O)COc1cc2oc(=O)cc(C)c2cc1Cl. The van der Waals surface area contributed by atoms with E-state index in [-0.39, 0.29) is 18.3 Å². The molecule has 28 heavy (non-hydrogen) atoms. The quantitative estimate of drug-likeness (QED) is 0.587. The van der Waals surface area contributed by atoms with Crippen LogP contribution in [0.1, 0.15) is 11.1 Å². The first-order valence-corrected chi connectivity index (χ1v) is 8.99. The van der Waals surface area contributed by atoms with Gasteiger partial charge in [-0.3, -0.25) is 4.79 Å². The number of halogens is 1. The maximum absolute atomic E-state index is 12.4. The van der Waals surface area contributed by atoms with E-state index in [1.165, 1.54) is 17.0 Å². The lowest BCUT2D eigenvalue weighted by atomic mass is 10.1. The number of rotatable bonds is 6. The minimum atomic E-state index is -0.453. The molecule has 2 aromatic carbocycles. The van der Waals surface area contributed by atoms with Gasteiger partial charge in [-0.15, -0.1) is 0 Å². The van der Waals surface area contributed by atoms with E-state index in [4.69, 9.17) is 25.5 Å². The molecule has 1 amide bonds. The summed E-state index contributed by atoms with van der Waals surface area (Å²) in [7, 11) is 3.27. The van der Waals surface area contributed by atoms with Gasteiger partial charge in [0.05, 0.1) is 12.1 Å². The van der Waals surface area contributed by atoms with Crippen molar-refractivity contribution in [2.45, 2.75) is 13.5 Å². The highest BCUT2D eigenvalue weighted by atomic mass is 35.5. The Labute approximate surface area is 167 Å². The number of carbonyl (C=O) groups is 1. The first kappa shape index (κ1) is 19.8. The fraction of sp³-hybridized carbons (Fsp3) is 0.238. The van der Waals surface area contributed by atoms with Crippen molar-refractivity contribution in [1.82, 2.24) is 4.90 Å². The maximum Gasteiger partial charge on any atom is 0.336 e. The molecule has 3 aromatic rings. The van der Waals surface area contributed by atoms with Crippen molar-refractivity contribution < 1.29 is 18.7 Å². The third-order valence-corrected chi connectivity index (χ3v) is 4.68. The molecule has 7 heteroatoms. The lowest BCUT2D eigenvalue weighted by molar-refractivity contribution is -0.132. The molecular formula is C21H20ClNO5. The van der Waals surface area contributed by atoms with Gasteiger partial charge in [0.25, 0.3) is 5.91 Å². The van der Waals surface area contributed by atoms with Gasteiger partial charge < -0.3 is 18.8 Å². The molecule has 146 valence electrons. The topological polar surface area (TPSA) is 69.0 Å². The summed E-state index contributed by atoms with van der Waals surface area (Å²) in [5, 5.41) is 1.06. The number of amides is 1. The number of benzene rings is 2. The lowest BCUT2D eigenvalue weighted by Crippen LogP contribution is -2.31. The molecule has 0 fully saturated rings. The van der Waals surface area contributed by atoms with Crippen LogP contribution in [0.5, 0.6) is 11.5 Å². The third kappa shape index (κ3) is 4.28. The average Bonchev–Trinajstić information content (AvgIpc) is 2.67. The van der Waals surface area contributed by atoms with Gasteiger partial charge in [-0.1, -0.05) is 29.8 Å². The Bertz CT molecular complexity index is 1080. The highest BCUT2D eigenvalue weighted by Crippen LogP contribution is 2.31. The van der Waals surface area contributed by atoms with E-state index in [9.17, 15) is 9.59 Å². The van der Waals surface area contributed by atoms with E-state index in [1.54, 1.807) is 27.1 Å². The Morgan fingerprint density at radius 1 is 1.18 bits per heavy atom. The number of fused-ring (bicyclic) bond motifs is 1. The molecule has 6 nitrogen and oxygen atoms in total. The predicted octanol–water partition coefficient (Wildman–Crippen LogP) is 3.80. The molecule has 1 aromatic heterocycles. The van der Waals surface area contributed by atoms with Crippen LogP contribution in [0.4, 0.5) is 0 Å². The van der Waals surface area contributed by atoms with Crippen molar-refractivity contribution in [3.8, 4) is 11.5 Å². The van der Waals surface area contributed by atoms with E-state index in [1.807, 2.05) is 24.3 Å². The van der Waals surface area contributed by atoms with Crippen LogP contribution < -0.4 is 15.1 Å². The van der Waals surface area contributed by atoms with Crippen molar-refractivity contribution in [3.63, 3.8) is 0 Å². The number of methoxy groups -OCH3 is 1. The van der Waals surface area contributed by atoms with Gasteiger partial charge in [-0.05, 0) is 24.6 Å². The molecular weight excluding hydrogens is 382 g/mol. The number of nitrogens with zero attached hydrogens (tertiary/aromatic N) is 1. The monoisotopic (exact) mass is 401 g/mol. The first-order chi connectivity index (χ1) is 13.4. The van der Waals surface area contributed by atoms with Crippen LogP contribution in [0.25, 0.3) is 11.0 Å². The van der Waals surface area contributed by atoms with Crippen LogP contribution in [0.3, 0.4) is 0 Å². The largest absolute Gasteiger partial charge is 0.496 e. The van der Waals surface area contributed by atoms with Crippen molar-refractivity contribution >= 4 is 28.5 Å². The molecule has 0 N–H and O–H groups in total. The first-order valence-electron chi connectivity index (χ1n) is 8.61. The summed E-state index contributed by atoms with van der Waals surface area (Å²) < 4.78 is 16.1. The van der Waals surface area contributed by atoms with Crippen molar-refractivity contribution in [2.24, 2.45) is 0 Å². The molecule has 0 saturated carbocycles. The fourth-order valence-electron chi connectivity index (χ4n) is 2.86. The van der Waals surface area contributed by atoms with E-state index in [0.717, 1.165) is 16.5 Å². The number of para-hydroxylation sites is 1. The van der Waals surface area contributed by atoms with E-state index < -0.39 is 5.63 Å².